The molecule has 33 heavy (non-hydrogen) atoms. The van der Waals surface area contributed by atoms with Crippen molar-refractivity contribution < 1.29 is 24.2 Å². The van der Waals surface area contributed by atoms with Gasteiger partial charge in [-0.25, -0.2) is 4.98 Å². The summed E-state index contributed by atoms with van der Waals surface area (Å²) in [5.41, 5.74) is 5.63. The van der Waals surface area contributed by atoms with Gasteiger partial charge in [0, 0.05) is 24.7 Å². The minimum Gasteiger partial charge on any atom is -0.492 e. The first-order valence-electron chi connectivity index (χ1n) is 11.3. The number of hydrogen-bond donors (Lipinski definition) is 4. The Bertz CT molecular complexity index is 881. The number of rotatable bonds is 12. The van der Waals surface area contributed by atoms with E-state index in [2.05, 4.69) is 15.6 Å². The smallest absolute Gasteiger partial charge is 0.273 e. The molecule has 10 heteroatoms. The van der Waals surface area contributed by atoms with Crippen LogP contribution >= 0.6 is 11.3 Å². The van der Waals surface area contributed by atoms with Gasteiger partial charge >= 0.3 is 0 Å². The zero-order chi connectivity index (χ0) is 23.5. The van der Waals surface area contributed by atoms with Crippen LogP contribution in [-0.4, -0.2) is 60.4 Å². The normalized spacial score (nSPS) is 15.4. The highest BCUT2D eigenvalue weighted by atomic mass is 32.1. The summed E-state index contributed by atoms with van der Waals surface area (Å²) in [6.45, 7) is 1.32. The molecule has 0 aliphatic heterocycles. The molecule has 5 N–H and O–H groups in total. The lowest BCUT2D eigenvalue weighted by Crippen LogP contribution is -2.34. The van der Waals surface area contributed by atoms with E-state index in [0.29, 0.717) is 41.1 Å². The summed E-state index contributed by atoms with van der Waals surface area (Å²) in [5, 5.41) is 16.6. The Labute approximate surface area is 197 Å². The predicted molar refractivity (Wildman–Crippen MR) is 126 cm³/mol. The summed E-state index contributed by atoms with van der Waals surface area (Å²) in [4.78, 5) is 28.1. The molecule has 2 aromatic rings. The summed E-state index contributed by atoms with van der Waals surface area (Å²) < 4.78 is 11.1. The van der Waals surface area contributed by atoms with Crippen LogP contribution in [-0.2, 0) is 0 Å². The largest absolute Gasteiger partial charge is 0.492 e. The van der Waals surface area contributed by atoms with Gasteiger partial charge in [-0.05, 0) is 37.1 Å². The van der Waals surface area contributed by atoms with Crippen molar-refractivity contribution in [1.29, 1.82) is 0 Å². The van der Waals surface area contributed by atoms with E-state index < -0.39 is 12.0 Å². The molecule has 1 saturated carbocycles. The third-order valence-corrected chi connectivity index (χ3v) is 6.27. The Balaban J connectivity index is 1.29. The van der Waals surface area contributed by atoms with Gasteiger partial charge < -0.3 is 30.9 Å². The average molecular weight is 477 g/mol. The molecular weight excluding hydrogens is 444 g/mol. The van der Waals surface area contributed by atoms with E-state index >= 15 is 0 Å². The van der Waals surface area contributed by atoms with Crippen molar-refractivity contribution in [2.75, 3.05) is 26.3 Å². The number of carbonyl (C=O) groups excluding carboxylic acids is 2. The topological polar surface area (TPSA) is 136 Å². The standard InChI is InChI=1S/C23H32N4O5S/c24-21(29)16-7-9-19(10-8-16)31-12-11-25-13-18(28)15-32-23-26-14-20(33-23)22(30)27-17-5-3-1-2-4-6-17/h7-10,14,17-18,25,28H,1-6,11-13,15H2,(H2,24,29)(H,27,30). The van der Waals surface area contributed by atoms with E-state index in [0.717, 1.165) is 25.7 Å². The van der Waals surface area contributed by atoms with Gasteiger partial charge in [-0.2, -0.15) is 0 Å². The van der Waals surface area contributed by atoms with E-state index in [-0.39, 0.29) is 18.6 Å². The summed E-state index contributed by atoms with van der Waals surface area (Å²) >= 11 is 1.18. The number of hydrogen-bond acceptors (Lipinski definition) is 8. The molecule has 2 amide bonds. The number of carbonyl (C=O) groups is 2. The molecule has 1 aromatic heterocycles. The van der Waals surface area contributed by atoms with Crippen molar-refractivity contribution >= 4 is 23.2 Å². The lowest BCUT2D eigenvalue weighted by atomic mass is 10.1. The highest BCUT2D eigenvalue weighted by molar-refractivity contribution is 7.15. The molecule has 0 saturated heterocycles. The van der Waals surface area contributed by atoms with Crippen molar-refractivity contribution in [3.05, 3.63) is 40.9 Å². The van der Waals surface area contributed by atoms with Gasteiger partial charge in [-0.15, -0.1) is 0 Å². The molecule has 0 spiro atoms. The molecule has 1 fully saturated rings. The van der Waals surface area contributed by atoms with Gasteiger partial charge in [0.05, 0.1) is 6.20 Å². The number of benzene rings is 1. The molecule has 1 aliphatic rings. The molecular formula is C23H32N4O5S. The average Bonchev–Trinajstić information content (AvgIpc) is 3.15. The fourth-order valence-electron chi connectivity index (χ4n) is 3.56. The maximum Gasteiger partial charge on any atom is 0.273 e. The number of aromatic nitrogens is 1. The van der Waals surface area contributed by atoms with E-state index in [1.165, 1.54) is 30.4 Å². The van der Waals surface area contributed by atoms with Crippen LogP contribution in [0.2, 0.25) is 0 Å². The fourth-order valence-corrected chi connectivity index (χ4v) is 4.24. The van der Waals surface area contributed by atoms with Crippen molar-refractivity contribution in [3.8, 4) is 10.9 Å². The lowest BCUT2D eigenvalue weighted by Gasteiger charge is -2.15. The number of aliphatic hydroxyl groups excluding tert-OH is 1. The van der Waals surface area contributed by atoms with Gasteiger partial charge in [0.2, 0.25) is 5.91 Å². The molecule has 3 rings (SSSR count). The predicted octanol–water partition coefficient (Wildman–Crippen LogP) is 2.10. The summed E-state index contributed by atoms with van der Waals surface area (Å²) in [6.07, 6.45) is 7.63. The van der Waals surface area contributed by atoms with E-state index in [9.17, 15) is 14.7 Å². The lowest BCUT2D eigenvalue weighted by molar-refractivity contribution is 0.0936. The van der Waals surface area contributed by atoms with Gasteiger partial charge in [0.15, 0.2) is 0 Å². The second-order valence-electron chi connectivity index (χ2n) is 8.06. The van der Waals surface area contributed by atoms with Crippen LogP contribution in [0.3, 0.4) is 0 Å². The first-order chi connectivity index (χ1) is 16.0. The van der Waals surface area contributed by atoms with E-state index in [1.807, 2.05) is 0 Å². The molecule has 1 aliphatic carbocycles. The van der Waals surface area contributed by atoms with Gasteiger partial charge in [0.1, 0.15) is 29.9 Å². The number of nitrogens with zero attached hydrogens (tertiary/aromatic N) is 1. The number of nitrogens with two attached hydrogens (primary N) is 1. The zero-order valence-electron chi connectivity index (χ0n) is 18.6. The molecule has 1 heterocycles. The Kier molecular flexibility index (Phi) is 9.92. The van der Waals surface area contributed by atoms with Crippen molar-refractivity contribution in [3.63, 3.8) is 0 Å². The molecule has 180 valence electrons. The highest BCUT2D eigenvalue weighted by Crippen LogP contribution is 2.22. The second kappa shape index (κ2) is 13.1. The molecule has 9 nitrogen and oxygen atoms in total. The van der Waals surface area contributed by atoms with E-state index in [4.69, 9.17) is 15.2 Å². The van der Waals surface area contributed by atoms with Gasteiger partial charge in [-0.3, -0.25) is 9.59 Å². The maximum absolute atomic E-state index is 12.4. The molecule has 0 bridgehead atoms. The summed E-state index contributed by atoms with van der Waals surface area (Å²) in [6, 6.07) is 6.82. The monoisotopic (exact) mass is 476 g/mol. The molecule has 1 unspecified atom stereocenters. The number of ether oxygens (including phenoxy) is 2. The minimum atomic E-state index is -0.730. The fraction of sp³-hybridized carbons (Fsp3) is 0.522. The van der Waals surface area contributed by atoms with Crippen LogP contribution in [0.25, 0.3) is 0 Å². The maximum atomic E-state index is 12.4. The third-order valence-electron chi connectivity index (χ3n) is 5.36. The van der Waals surface area contributed by atoms with E-state index in [1.54, 1.807) is 24.3 Å². The number of thiazole rings is 1. The zero-order valence-corrected chi connectivity index (χ0v) is 19.4. The molecule has 1 aromatic carbocycles. The Hall–Kier alpha value is -2.69. The van der Waals surface area contributed by atoms with Crippen molar-refractivity contribution in [1.82, 2.24) is 15.6 Å². The summed E-state index contributed by atoms with van der Waals surface area (Å²) in [5.74, 6) is 0.0422. The molecule has 0 radical (unpaired) electrons. The quantitative estimate of drug-likeness (QED) is 0.272. The molecule has 1 atom stereocenters. The van der Waals surface area contributed by atoms with Crippen LogP contribution in [0.4, 0.5) is 0 Å². The van der Waals surface area contributed by atoms with Crippen LogP contribution in [0, 0.1) is 0 Å². The Morgan fingerprint density at radius 2 is 1.88 bits per heavy atom. The first-order valence-corrected chi connectivity index (χ1v) is 12.1. The van der Waals surface area contributed by atoms with Crippen molar-refractivity contribution in [2.24, 2.45) is 5.73 Å². The van der Waals surface area contributed by atoms with Crippen LogP contribution < -0.4 is 25.8 Å². The van der Waals surface area contributed by atoms with Gasteiger partial charge in [-0.1, -0.05) is 37.0 Å². The first kappa shape index (κ1) is 24.9. The van der Waals surface area contributed by atoms with Crippen molar-refractivity contribution in [2.45, 2.75) is 50.7 Å². The SMILES string of the molecule is NC(=O)c1ccc(OCCNCC(O)COc2ncc(C(=O)NC3CCCCCC3)s2)cc1. The van der Waals surface area contributed by atoms with Crippen LogP contribution in [0.15, 0.2) is 30.5 Å². The minimum absolute atomic E-state index is 0.0691. The summed E-state index contributed by atoms with van der Waals surface area (Å²) in [7, 11) is 0. The number of nitrogens with one attached hydrogen (secondary N) is 2. The number of amides is 2. The van der Waals surface area contributed by atoms with Crippen LogP contribution in [0.5, 0.6) is 10.9 Å². The third kappa shape index (κ3) is 8.64. The Morgan fingerprint density at radius 1 is 1.15 bits per heavy atom. The Morgan fingerprint density at radius 3 is 2.58 bits per heavy atom. The van der Waals surface area contributed by atoms with Crippen LogP contribution in [0.1, 0.15) is 58.6 Å². The second-order valence-corrected chi connectivity index (χ2v) is 9.05. The highest BCUT2D eigenvalue weighted by Gasteiger charge is 2.18. The number of primary amides is 1. The number of aliphatic hydroxyl groups is 1. The van der Waals surface area contributed by atoms with Gasteiger partial charge in [0.25, 0.3) is 11.1 Å².